The van der Waals surface area contributed by atoms with Crippen LogP contribution in [0.25, 0.3) is 82.8 Å². The zero-order valence-electron chi connectivity index (χ0n) is 23.1. The smallest absolute Gasteiger partial charge is 0.238 e. The molecule has 0 bridgehead atoms. The van der Waals surface area contributed by atoms with Gasteiger partial charge in [0.05, 0.1) is 11.0 Å². The van der Waals surface area contributed by atoms with Gasteiger partial charge < -0.3 is 0 Å². The van der Waals surface area contributed by atoms with E-state index in [2.05, 4.69) is 89.5 Å². The van der Waals surface area contributed by atoms with E-state index in [0.717, 1.165) is 22.2 Å². The van der Waals surface area contributed by atoms with Crippen LogP contribution in [0, 0.1) is 0 Å². The molecule has 0 saturated carbocycles. The average molecular weight is 549 g/mol. The van der Waals surface area contributed by atoms with E-state index in [1.807, 2.05) is 60.7 Å². The highest BCUT2D eigenvalue weighted by atomic mass is 15.2. The minimum Gasteiger partial charge on any atom is -0.278 e. The van der Waals surface area contributed by atoms with Gasteiger partial charge >= 0.3 is 0 Å². The Morgan fingerprint density at radius 2 is 0.698 bits per heavy atom. The van der Waals surface area contributed by atoms with Gasteiger partial charge in [0.1, 0.15) is 0 Å². The first-order valence-electron chi connectivity index (χ1n) is 14.5. The highest BCUT2D eigenvalue weighted by Gasteiger charge is 2.21. The van der Waals surface area contributed by atoms with Gasteiger partial charge in [-0.15, -0.1) is 0 Å². The maximum atomic E-state index is 5.13. The molecule has 0 amide bonds. The third kappa shape index (κ3) is 3.60. The summed E-state index contributed by atoms with van der Waals surface area (Å²) in [4.78, 5) is 15.2. The molecule has 4 heteroatoms. The number of hydrogen-bond acceptors (Lipinski definition) is 3. The van der Waals surface area contributed by atoms with Crippen molar-refractivity contribution in [3.63, 3.8) is 0 Å². The molecule has 0 unspecified atom stereocenters. The summed E-state index contributed by atoms with van der Waals surface area (Å²) in [6, 6.07) is 50.9. The Kier molecular flexibility index (Phi) is 5.16. The zero-order valence-corrected chi connectivity index (χ0v) is 23.1. The molecular formula is C39H24N4. The molecule has 0 aliphatic heterocycles. The molecule has 7 aromatic carbocycles. The highest BCUT2D eigenvalue weighted by Crippen LogP contribution is 2.42. The fourth-order valence-electron chi connectivity index (χ4n) is 6.58. The van der Waals surface area contributed by atoms with Crippen LogP contribution in [0.5, 0.6) is 0 Å². The topological polar surface area (TPSA) is 43.6 Å². The van der Waals surface area contributed by atoms with Gasteiger partial charge in [0.2, 0.25) is 5.95 Å². The lowest BCUT2D eigenvalue weighted by Crippen LogP contribution is -2.06. The van der Waals surface area contributed by atoms with Crippen molar-refractivity contribution in [3.05, 3.63) is 146 Å². The molecule has 0 atom stereocenters. The fourth-order valence-corrected chi connectivity index (χ4v) is 6.58. The van der Waals surface area contributed by atoms with E-state index >= 15 is 0 Å². The number of aromatic nitrogens is 4. The maximum Gasteiger partial charge on any atom is 0.238 e. The van der Waals surface area contributed by atoms with Crippen LogP contribution in [0.3, 0.4) is 0 Å². The molecule has 4 nitrogen and oxygen atoms in total. The Labute approximate surface area is 247 Å². The van der Waals surface area contributed by atoms with Crippen molar-refractivity contribution >= 4 is 54.1 Å². The molecular weight excluding hydrogens is 524 g/mol. The standard InChI is InChI=1S/C39H24N4/c1-3-13-25(14-4-1)37-40-38(26-15-5-2-6-16-26)42-39(41-37)43-33-23-11-21-31-29-19-9-7-17-27(29)28-18-8-10-20-30(28)32-22-12-24-34(43)36(32)35(31)33/h1-24H. The Morgan fingerprint density at radius 1 is 0.326 bits per heavy atom. The third-order valence-electron chi connectivity index (χ3n) is 8.43. The van der Waals surface area contributed by atoms with Crippen LogP contribution in [0.1, 0.15) is 0 Å². The van der Waals surface area contributed by atoms with Gasteiger partial charge in [0, 0.05) is 21.9 Å². The van der Waals surface area contributed by atoms with Gasteiger partial charge in [0.25, 0.3) is 0 Å². The van der Waals surface area contributed by atoms with Crippen LogP contribution in [-0.2, 0) is 0 Å². The van der Waals surface area contributed by atoms with E-state index in [1.54, 1.807) is 0 Å². The molecule has 0 aliphatic carbocycles. The first-order valence-corrected chi connectivity index (χ1v) is 14.5. The highest BCUT2D eigenvalue weighted by molar-refractivity contribution is 6.33. The molecule has 0 radical (unpaired) electrons. The summed E-state index contributed by atoms with van der Waals surface area (Å²) in [5.74, 6) is 1.89. The number of benzene rings is 6. The summed E-state index contributed by atoms with van der Waals surface area (Å²) in [5.41, 5.74) is 4.04. The van der Waals surface area contributed by atoms with Crippen molar-refractivity contribution in [2.75, 3.05) is 0 Å². The fraction of sp³-hybridized carbons (Fsp3) is 0. The molecule has 0 aliphatic rings. The normalized spacial score (nSPS) is 11.7. The number of rotatable bonds is 3. The van der Waals surface area contributed by atoms with Gasteiger partial charge in [-0.05, 0) is 44.5 Å². The van der Waals surface area contributed by atoms with E-state index in [-0.39, 0.29) is 0 Å². The Morgan fingerprint density at radius 3 is 1.14 bits per heavy atom. The van der Waals surface area contributed by atoms with Crippen LogP contribution >= 0.6 is 0 Å². The molecule has 9 rings (SSSR count). The van der Waals surface area contributed by atoms with Crippen LogP contribution in [0.15, 0.2) is 146 Å². The summed E-state index contributed by atoms with van der Waals surface area (Å²) in [6.45, 7) is 0. The number of fused-ring (bicyclic) bond motifs is 5. The van der Waals surface area contributed by atoms with E-state index < -0.39 is 0 Å². The van der Waals surface area contributed by atoms with Gasteiger partial charge in [-0.1, -0.05) is 133 Å². The van der Waals surface area contributed by atoms with Crippen LogP contribution in [-0.4, -0.2) is 19.5 Å². The number of nitrogens with zero attached hydrogens (tertiary/aromatic N) is 4. The van der Waals surface area contributed by atoms with Gasteiger partial charge in [-0.3, -0.25) is 4.57 Å². The van der Waals surface area contributed by atoms with Crippen LogP contribution in [0.4, 0.5) is 0 Å². The van der Waals surface area contributed by atoms with Crippen molar-refractivity contribution in [1.29, 1.82) is 0 Å². The quantitative estimate of drug-likeness (QED) is 0.221. The Bertz CT molecular complexity index is 2330. The minimum atomic E-state index is 0.600. The predicted molar refractivity (Wildman–Crippen MR) is 178 cm³/mol. The molecule has 0 spiro atoms. The second-order valence-electron chi connectivity index (χ2n) is 10.8. The lowest BCUT2D eigenvalue weighted by Gasteiger charge is -2.11. The van der Waals surface area contributed by atoms with Crippen LogP contribution < -0.4 is 0 Å². The molecule has 2 heterocycles. The molecule has 0 fully saturated rings. The van der Waals surface area contributed by atoms with Crippen molar-refractivity contribution in [2.45, 2.75) is 0 Å². The molecule has 2 aromatic heterocycles. The second-order valence-corrected chi connectivity index (χ2v) is 10.8. The van der Waals surface area contributed by atoms with Crippen molar-refractivity contribution in [1.82, 2.24) is 19.5 Å². The first-order chi connectivity index (χ1) is 21.3. The van der Waals surface area contributed by atoms with Crippen molar-refractivity contribution in [2.24, 2.45) is 0 Å². The average Bonchev–Trinajstić information content (AvgIpc) is 3.43. The van der Waals surface area contributed by atoms with Gasteiger partial charge in [0.15, 0.2) is 11.6 Å². The monoisotopic (exact) mass is 548 g/mol. The van der Waals surface area contributed by atoms with E-state index in [9.17, 15) is 0 Å². The van der Waals surface area contributed by atoms with E-state index in [0.29, 0.717) is 17.6 Å². The van der Waals surface area contributed by atoms with Crippen molar-refractivity contribution < 1.29 is 0 Å². The van der Waals surface area contributed by atoms with E-state index in [1.165, 1.54) is 43.1 Å². The number of hydrogen-bond donors (Lipinski definition) is 0. The first kappa shape index (κ1) is 23.8. The van der Waals surface area contributed by atoms with Crippen LogP contribution in [0.2, 0.25) is 0 Å². The summed E-state index contributed by atoms with van der Waals surface area (Å²) in [7, 11) is 0. The molecule has 43 heavy (non-hydrogen) atoms. The largest absolute Gasteiger partial charge is 0.278 e. The zero-order chi connectivity index (χ0) is 28.3. The summed E-state index contributed by atoms with van der Waals surface area (Å²) >= 11 is 0. The Hall–Kier alpha value is -5.87. The third-order valence-corrected chi connectivity index (χ3v) is 8.43. The lowest BCUT2D eigenvalue weighted by atomic mass is 9.95. The van der Waals surface area contributed by atoms with E-state index in [4.69, 9.17) is 15.0 Å². The summed E-state index contributed by atoms with van der Waals surface area (Å²) in [6.07, 6.45) is 0. The van der Waals surface area contributed by atoms with Gasteiger partial charge in [-0.2, -0.15) is 9.97 Å². The molecule has 0 N–H and O–H groups in total. The maximum absolute atomic E-state index is 5.13. The second kappa shape index (κ2) is 9.33. The van der Waals surface area contributed by atoms with Gasteiger partial charge in [-0.25, -0.2) is 4.98 Å². The molecule has 200 valence electrons. The molecule has 0 saturated heterocycles. The molecule has 9 aromatic rings. The minimum absolute atomic E-state index is 0.600. The van der Waals surface area contributed by atoms with Crippen molar-refractivity contribution in [3.8, 4) is 28.7 Å². The lowest BCUT2D eigenvalue weighted by molar-refractivity contribution is 0.954. The Balaban J connectivity index is 1.49. The predicted octanol–water partition coefficient (Wildman–Crippen LogP) is 9.76. The summed E-state index contributed by atoms with van der Waals surface area (Å²) < 4.78 is 2.22. The SMILES string of the molecule is c1ccc(-c2nc(-c3ccccc3)nc(-n3c4cccc5c6ccccc6c6ccccc6c6cccc3c6c54)n2)cc1. The summed E-state index contributed by atoms with van der Waals surface area (Å²) in [5, 5.41) is 9.74.